The number of hydrogen-bond acceptors (Lipinski definition) is 6. The minimum atomic E-state index is -0.170. The van der Waals surface area contributed by atoms with Gasteiger partial charge in [-0.2, -0.15) is 0 Å². The third-order valence-corrected chi connectivity index (χ3v) is 5.90. The number of aromatic nitrogens is 1. The fourth-order valence-electron chi connectivity index (χ4n) is 3.94. The predicted molar refractivity (Wildman–Crippen MR) is 125 cm³/mol. The SMILES string of the molecule is COCCNC(=O)c1ccc(OC)cc1OC1CCN([C@@H](C)Cc2ccc(C)cn2)CC1. The summed E-state index contributed by atoms with van der Waals surface area (Å²) in [5.41, 5.74) is 2.83. The third-order valence-electron chi connectivity index (χ3n) is 5.90. The van der Waals surface area contributed by atoms with Crippen molar-refractivity contribution in [1.82, 2.24) is 15.2 Å². The van der Waals surface area contributed by atoms with Crippen LogP contribution < -0.4 is 14.8 Å². The molecule has 1 aromatic carbocycles. The van der Waals surface area contributed by atoms with Crippen molar-refractivity contribution in [1.29, 1.82) is 0 Å². The summed E-state index contributed by atoms with van der Waals surface area (Å²) < 4.78 is 16.7. The number of nitrogens with zero attached hydrogens (tertiary/aromatic N) is 2. The molecule has 0 unspecified atom stereocenters. The molecule has 2 heterocycles. The van der Waals surface area contributed by atoms with Gasteiger partial charge in [-0.3, -0.25) is 14.7 Å². The quantitative estimate of drug-likeness (QED) is 0.571. The predicted octanol–water partition coefficient (Wildman–Crippen LogP) is 3.25. The Balaban J connectivity index is 1.57. The first-order chi connectivity index (χ1) is 15.5. The Labute approximate surface area is 191 Å². The van der Waals surface area contributed by atoms with Gasteiger partial charge in [-0.05, 0) is 50.5 Å². The highest BCUT2D eigenvalue weighted by Crippen LogP contribution is 2.28. The maximum atomic E-state index is 12.6. The van der Waals surface area contributed by atoms with Crippen LogP contribution in [0, 0.1) is 6.92 Å². The van der Waals surface area contributed by atoms with Crippen LogP contribution in [0.5, 0.6) is 11.5 Å². The van der Waals surface area contributed by atoms with E-state index in [4.69, 9.17) is 14.2 Å². The van der Waals surface area contributed by atoms with E-state index in [1.54, 1.807) is 32.4 Å². The first-order valence-corrected chi connectivity index (χ1v) is 11.3. The highest BCUT2D eigenvalue weighted by atomic mass is 16.5. The Hall–Kier alpha value is -2.64. The van der Waals surface area contributed by atoms with Gasteiger partial charge in [0.1, 0.15) is 17.6 Å². The van der Waals surface area contributed by atoms with Crippen LogP contribution in [0.2, 0.25) is 0 Å². The van der Waals surface area contributed by atoms with Gasteiger partial charge in [0.2, 0.25) is 0 Å². The van der Waals surface area contributed by atoms with E-state index in [1.807, 2.05) is 6.20 Å². The second kappa shape index (κ2) is 11.8. The molecule has 0 bridgehead atoms. The van der Waals surface area contributed by atoms with Crippen LogP contribution >= 0.6 is 0 Å². The van der Waals surface area contributed by atoms with Crippen LogP contribution in [0.1, 0.15) is 41.4 Å². The van der Waals surface area contributed by atoms with Crippen LogP contribution in [0.4, 0.5) is 0 Å². The normalized spacial score (nSPS) is 15.9. The van der Waals surface area contributed by atoms with Gasteiger partial charge in [0, 0.05) is 57.2 Å². The topological polar surface area (TPSA) is 72.9 Å². The van der Waals surface area contributed by atoms with Gasteiger partial charge in [-0.1, -0.05) is 6.07 Å². The van der Waals surface area contributed by atoms with Crippen molar-refractivity contribution in [3.8, 4) is 11.5 Å². The standard InChI is InChI=1S/C25H35N3O4/c1-18-5-6-20(27-17-18)15-19(2)28-12-9-21(10-13-28)32-24-16-22(31-4)7-8-23(24)25(29)26-11-14-30-3/h5-8,16-17,19,21H,9-15H2,1-4H3,(H,26,29)/t19-/m0/s1. The van der Waals surface area contributed by atoms with E-state index in [9.17, 15) is 4.79 Å². The largest absolute Gasteiger partial charge is 0.497 e. The van der Waals surface area contributed by atoms with Gasteiger partial charge in [-0.25, -0.2) is 0 Å². The van der Waals surface area contributed by atoms with Gasteiger partial charge in [0.25, 0.3) is 5.91 Å². The lowest BCUT2D eigenvalue weighted by molar-refractivity contribution is 0.0772. The first-order valence-electron chi connectivity index (χ1n) is 11.3. The van der Waals surface area contributed by atoms with E-state index >= 15 is 0 Å². The summed E-state index contributed by atoms with van der Waals surface area (Å²) >= 11 is 0. The molecule has 1 fully saturated rings. The molecule has 0 saturated carbocycles. The van der Waals surface area contributed by atoms with Crippen molar-refractivity contribution < 1.29 is 19.0 Å². The maximum Gasteiger partial charge on any atom is 0.255 e. The Morgan fingerprint density at radius 1 is 1.22 bits per heavy atom. The summed E-state index contributed by atoms with van der Waals surface area (Å²) in [6.07, 6.45) is 4.75. The fraction of sp³-hybridized carbons (Fsp3) is 0.520. The Morgan fingerprint density at radius 3 is 2.66 bits per heavy atom. The van der Waals surface area contributed by atoms with E-state index in [0.29, 0.717) is 36.3 Å². The molecule has 1 aromatic heterocycles. The molecule has 0 spiro atoms. The summed E-state index contributed by atoms with van der Waals surface area (Å²) in [5, 5.41) is 2.86. The molecule has 7 nitrogen and oxygen atoms in total. The number of hydrogen-bond donors (Lipinski definition) is 1. The second-order valence-electron chi connectivity index (χ2n) is 8.34. The molecule has 0 aliphatic carbocycles. The monoisotopic (exact) mass is 441 g/mol. The molecule has 2 aromatic rings. The van der Waals surface area contributed by atoms with Gasteiger partial charge in [0.05, 0.1) is 19.3 Å². The summed E-state index contributed by atoms with van der Waals surface area (Å²) in [7, 11) is 3.22. The molecule has 1 N–H and O–H groups in total. The maximum absolute atomic E-state index is 12.6. The number of aryl methyl sites for hydroxylation is 1. The van der Waals surface area contributed by atoms with Crippen molar-refractivity contribution in [2.45, 2.75) is 45.3 Å². The number of pyridine rings is 1. The number of methoxy groups -OCH3 is 2. The number of piperidine rings is 1. The number of carbonyl (C=O) groups excluding carboxylic acids is 1. The number of likely N-dealkylation sites (tertiary alicyclic amines) is 1. The second-order valence-corrected chi connectivity index (χ2v) is 8.34. The van der Waals surface area contributed by atoms with Gasteiger partial charge >= 0.3 is 0 Å². The number of carbonyl (C=O) groups is 1. The average molecular weight is 442 g/mol. The van der Waals surface area contributed by atoms with Crippen LogP contribution in [-0.4, -0.2) is 68.4 Å². The van der Waals surface area contributed by atoms with Crippen molar-refractivity contribution in [3.63, 3.8) is 0 Å². The molecule has 1 saturated heterocycles. The van der Waals surface area contributed by atoms with E-state index in [0.717, 1.165) is 38.0 Å². The zero-order valence-electron chi connectivity index (χ0n) is 19.6. The van der Waals surface area contributed by atoms with Crippen molar-refractivity contribution in [2.24, 2.45) is 0 Å². The number of rotatable bonds is 10. The van der Waals surface area contributed by atoms with Gasteiger partial charge < -0.3 is 19.5 Å². The van der Waals surface area contributed by atoms with Crippen molar-refractivity contribution in [2.75, 3.05) is 40.5 Å². The molecular formula is C25H35N3O4. The van der Waals surface area contributed by atoms with E-state index in [2.05, 4.69) is 41.2 Å². The fourth-order valence-corrected chi connectivity index (χ4v) is 3.94. The number of amides is 1. The summed E-state index contributed by atoms with van der Waals surface area (Å²) in [5.74, 6) is 1.07. The van der Waals surface area contributed by atoms with Crippen LogP contribution in [0.15, 0.2) is 36.5 Å². The molecule has 1 amide bonds. The molecular weight excluding hydrogens is 406 g/mol. The van der Waals surface area contributed by atoms with Crippen LogP contribution in [0.3, 0.4) is 0 Å². The van der Waals surface area contributed by atoms with E-state index in [-0.39, 0.29) is 12.0 Å². The highest BCUT2D eigenvalue weighted by molar-refractivity contribution is 5.97. The molecule has 174 valence electrons. The lowest BCUT2D eigenvalue weighted by Gasteiger charge is -2.36. The van der Waals surface area contributed by atoms with Gasteiger partial charge in [0.15, 0.2) is 0 Å². The minimum Gasteiger partial charge on any atom is -0.497 e. The lowest BCUT2D eigenvalue weighted by Crippen LogP contribution is -2.44. The summed E-state index contributed by atoms with van der Waals surface area (Å²) in [6.45, 7) is 7.14. The van der Waals surface area contributed by atoms with E-state index < -0.39 is 0 Å². The molecule has 1 aliphatic heterocycles. The van der Waals surface area contributed by atoms with Crippen molar-refractivity contribution >= 4 is 5.91 Å². The Kier molecular flexibility index (Phi) is 8.88. The smallest absolute Gasteiger partial charge is 0.255 e. The molecule has 32 heavy (non-hydrogen) atoms. The number of ether oxygens (including phenoxy) is 3. The number of nitrogens with one attached hydrogen (secondary N) is 1. The summed E-state index contributed by atoms with van der Waals surface area (Å²) in [4.78, 5) is 19.7. The first kappa shape index (κ1) is 24.0. The minimum absolute atomic E-state index is 0.0635. The van der Waals surface area contributed by atoms with Gasteiger partial charge in [-0.15, -0.1) is 0 Å². The van der Waals surface area contributed by atoms with Crippen molar-refractivity contribution in [3.05, 3.63) is 53.3 Å². The Morgan fingerprint density at radius 2 is 2.00 bits per heavy atom. The number of benzene rings is 1. The summed E-state index contributed by atoms with van der Waals surface area (Å²) in [6, 6.07) is 9.98. The lowest BCUT2D eigenvalue weighted by atomic mass is 10.0. The zero-order chi connectivity index (χ0) is 22.9. The van der Waals surface area contributed by atoms with Crippen LogP contribution in [-0.2, 0) is 11.2 Å². The third kappa shape index (κ3) is 6.68. The Bertz CT molecular complexity index is 864. The molecule has 3 rings (SSSR count). The average Bonchev–Trinajstić information content (AvgIpc) is 2.81. The van der Waals surface area contributed by atoms with Crippen LogP contribution in [0.25, 0.3) is 0 Å². The highest BCUT2D eigenvalue weighted by Gasteiger charge is 2.25. The molecule has 1 aliphatic rings. The molecule has 7 heteroatoms. The molecule has 1 atom stereocenters. The zero-order valence-corrected chi connectivity index (χ0v) is 19.6. The molecule has 0 radical (unpaired) electrons. The van der Waals surface area contributed by atoms with E-state index in [1.165, 1.54) is 5.56 Å².